The molecule has 96 valence electrons. The number of hydrogen-bond donors (Lipinski definition) is 2. The number of benzene rings is 1. The number of nitrogens with two attached hydrogens (primary N) is 1. The molecule has 2 aromatic heterocycles. The lowest BCUT2D eigenvalue weighted by molar-refractivity contribution is 0.933. The summed E-state index contributed by atoms with van der Waals surface area (Å²) in [6.07, 6.45) is 3.79. The van der Waals surface area contributed by atoms with Crippen LogP contribution in [0.15, 0.2) is 42.7 Å². The number of H-pyrrole nitrogens is 1. The number of aromatic amines is 1. The number of anilines is 1. The van der Waals surface area contributed by atoms with Gasteiger partial charge >= 0.3 is 0 Å². The van der Waals surface area contributed by atoms with Crippen LogP contribution in [0.4, 0.5) is 5.69 Å². The smallest absolute Gasteiger partial charge is 0.139 e. The van der Waals surface area contributed by atoms with Gasteiger partial charge in [0.1, 0.15) is 5.82 Å². The molecule has 5 heteroatoms. The third kappa shape index (κ3) is 2.11. The Kier molecular flexibility index (Phi) is 2.80. The van der Waals surface area contributed by atoms with E-state index in [0.717, 1.165) is 17.0 Å². The standard InChI is InChI=1S/C14H13ClN4/c1-19-6-2-3-13(19)12-8-17-14(18-12)10-7-9(16)4-5-11(10)15/h2-8H,16H2,1H3,(H,17,18). The normalized spacial score (nSPS) is 10.8. The second-order valence-corrected chi connectivity index (χ2v) is 4.80. The van der Waals surface area contributed by atoms with Crippen molar-refractivity contribution >= 4 is 17.3 Å². The highest BCUT2D eigenvalue weighted by atomic mass is 35.5. The molecule has 0 unspecified atom stereocenters. The monoisotopic (exact) mass is 272 g/mol. The van der Waals surface area contributed by atoms with Gasteiger partial charge in [0.15, 0.2) is 0 Å². The summed E-state index contributed by atoms with van der Waals surface area (Å²) in [5.41, 5.74) is 9.27. The fourth-order valence-electron chi connectivity index (χ4n) is 2.05. The summed E-state index contributed by atoms with van der Waals surface area (Å²) in [6.45, 7) is 0. The second kappa shape index (κ2) is 4.48. The van der Waals surface area contributed by atoms with Crippen LogP contribution < -0.4 is 5.73 Å². The van der Waals surface area contributed by atoms with Gasteiger partial charge < -0.3 is 15.3 Å². The van der Waals surface area contributed by atoms with Crippen LogP contribution in [0.2, 0.25) is 5.02 Å². The van der Waals surface area contributed by atoms with Crippen LogP contribution in [0.5, 0.6) is 0 Å². The quantitative estimate of drug-likeness (QED) is 0.703. The van der Waals surface area contributed by atoms with Crippen molar-refractivity contribution < 1.29 is 0 Å². The number of nitrogens with one attached hydrogen (secondary N) is 1. The van der Waals surface area contributed by atoms with Gasteiger partial charge in [-0.2, -0.15) is 0 Å². The molecule has 0 aliphatic heterocycles. The molecule has 3 aromatic rings. The number of nitrogens with zero attached hydrogens (tertiary/aromatic N) is 2. The van der Waals surface area contributed by atoms with E-state index in [1.165, 1.54) is 0 Å². The number of halogens is 1. The molecule has 1 aromatic carbocycles. The molecule has 19 heavy (non-hydrogen) atoms. The zero-order valence-corrected chi connectivity index (χ0v) is 11.1. The van der Waals surface area contributed by atoms with Crippen molar-refractivity contribution in [3.63, 3.8) is 0 Å². The van der Waals surface area contributed by atoms with Gasteiger partial charge in [0.2, 0.25) is 0 Å². The summed E-state index contributed by atoms with van der Waals surface area (Å²) >= 11 is 6.18. The molecular formula is C14H13ClN4. The van der Waals surface area contributed by atoms with Crippen LogP contribution in [0, 0.1) is 0 Å². The van der Waals surface area contributed by atoms with E-state index >= 15 is 0 Å². The van der Waals surface area contributed by atoms with Crippen LogP contribution in [-0.2, 0) is 7.05 Å². The first-order valence-electron chi connectivity index (χ1n) is 5.87. The van der Waals surface area contributed by atoms with E-state index in [4.69, 9.17) is 17.3 Å². The maximum Gasteiger partial charge on any atom is 0.139 e. The summed E-state index contributed by atoms with van der Waals surface area (Å²) in [6, 6.07) is 9.38. The van der Waals surface area contributed by atoms with E-state index < -0.39 is 0 Å². The predicted octanol–water partition coefficient (Wildman–Crippen LogP) is 3.32. The van der Waals surface area contributed by atoms with Crippen molar-refractivity contribution in [3.05, 3.63) is 47.7 Å². The van der Waals surface area contributed by atoms with E-state index in [1.54, 1.807) is 18.3 Å². The van der Waals surface area contributed by atoms with Gasteiger partial charge in [-0.3, -0.25) is 0 Å². The highest BCUT2D eigenvalue weighted by Gasteiger charge is 2.10. The number of imidazole rings is 1. The summed E-state index contributed by atoms with van der Waals surface area (Å²) < 4.78 is 2.03. The van der Waals surface area contributed by atoms with Gasteiger partial charge in [-0.25, -0.2) is 4.98 Å². The second-order valence-electron chi connectivity index (χ2n) is 4.39. The minimum Gasteiger partial charge on any atom is -0.399 e. The molecular weight excluding hydrogens is 260 g/mol. The highest BCUT2D eigenvalue weighted by molar-refractivity contribution is 6.33. The molecule has 4 nitrogen and oxygen atoms in total. The number of rotatable bonds is 2. The van der Waals surface area contributed by atoms with Gasteiger partial charge in [-0.15, -0.1) is 0 Å². The lowest BCUT2D eigenvalue weighted by Crippen LogP contribution is -1.90. The van der Waals surface area contributed by atoms with Crippen LogP contribution >= 0.6 is 11.6 Å². The van der Waals surface area contributed by atoms with Gasteiger partial charge in [0, 0.05) is 24.5 Å². The summed E-state index contributed by atoms with van der Waals surface area (Å²) in [5.74, 6) is 0.716. The first kappa shape index (κ1) is 11.9. The minimum absolute atomic E-state index is 0.627. The summed E-state index contributed by atoms with van der Waals surface area (Å²) in [4.78, 5) is 7.65. The fraction of sp³-hybridized carbons (Fsp3) is 0.0714. The first-order chi connectivity index (χ1) is 9.15. The molecule has 0 spiro atoms. The third-order valence-electron chi connectivity index (χ3n) is 3.04. The van der Waals surface area contributed by atoms with Crippen molar-refractivity contribution in [1.29, 1.82) is 0 Å². The van der Waals surface area contributed by atoms with Crippen molar-refractivity contribution in [1.82, 2.24) is 14.5 Å². The van der Waals surface area contributed by atoms with Crippen molar-refractivity contribution in [2.24, 2.45) is 7.05 Å². The van der Waals surface area contributed by atoms with E-state index in [1.807, 2.05) is 36.0 Å². The number of aryl methyl sites for hydroxylation is 1. The van der Waals surface area contributed by atoms with Crippen molar-refractivity contribution in [2.45, 2.75) is 0 Å². The topological polar surface area (TPSA) is 59.6 Å². The lowest BCUT2D eigenvalue weighted by atomic mass is 10.2. The average Bonchev–Trinajstić information content (AvgIpc) is 3.00. The molecule has 0 amide bonds. The van der Waals surface area contributed by atoms with Crippen molar-refractivity contribution in [2.75, 3.05) is 5.73 Å². The van der Waals surface area contributed by atoms with E-state index in [-0.39, 0.29) is 0 Å². The fourth-order valence-corrected chi connectivity index (χ4v) is 2.26. The summed E-state index contributed by atoms with van der Waals surface area (Å²) in [7, 11) is 1.99. The number of nitrogen functional groups attached to an aromatic ring is 1. The third-order valence-corrected chi connectivity index (χ3v) is 3.37. The van der Waals surface area contributed by atoms with Crippen LogP contribution in [0.1, 0.15) is 0 Å². The van der Waals surface area contributed by atoms with E-state index in [9.17, 15) is 0 Å². The molecule has 3 N–H and O–H groups in total. The van der Waals surface area contributed by atoms with E-state index in [2.05, 4.69) is 9.97 Å². The zero-order chi connectivity index (χ0) is 13.4. The highest BCUT2D eigenvalue weighted by Crippen LogP contribution is 2.29. The van der Waals surface area contributed by atoms with Gasteiger partial charge in [0.25, 0.3) is 0 Å². The Bertz CT molecular complexity index is 727. The maximum atomic E-state index is 6.18. The molecule has 0 radical (unpaired) electrons. The van der Waals surface area contributed by atoms with Gasteiger partial charge in [-0.05, 0) is 30.3 Å². The van der Waals surface area contributed by atoms with Gasteiger partial charge in [0.05, 0.1) is 22.6 Å². The molecule has 2 heterocycles. The minimum atomic E-state index is 0.627. The Balaban J connectivity index is 2.06. The molecule has 0 saturated heterocycles. The molecule has 0 fully saturated rings. The Morgan fingerprint density at radius 1 is 1.32 bits per heavy atom. The molecule has 0 atom stereocenters. The Morgan fingerprint density at radius 3 is 2.89 bits per heavy atom. The molecule has 0 aliphatic rings. The average molecular weight is 273 g/mol. The Morgan fingerprint density at radius 2 is 2.16 bits per heavy atom. The van der Waals surface area contributed by atoms with Crippen LogP contribution in [-0.4, -0.2) is 14.5 Å². The maximum absolute atomic E-state index is 6.18. The number of aromatic nitrogens is 3. The van der Waals surface area contributed by atoms with Crippen LogP contribution in [0.25, 0.3) is 22.8 Å². The summed E-state index contributed by atoms with van der Waals surface area (Å²) in [5, 5.41) is 0.627. The molecule has 0 saturated carbocycles. The molecule has 3 rings (SSSR count). The first-order valence-corrected chi connectivity index (χ1v) is 6.25. The largest absolute Gasteiger partial charge is 0.399 e. The molecule has 0 aliphatic carbocycles. The molecule has 0 bridgehead atoms. The van der Waals surface area contributed by atoms with Crippen LogP contribution in [0.3, 0.4) is 0 Å². The number of hydrogen-bond acceptors (Lipinski definition) is 2. The lowest BCUT2D eigenvalue weighted by Gasteiger charge is -2.03. The van der Waals surface area contributed by atoms with E-state index in [0.29, 0.717) is 16.5 Å². The predicted molar refractivity (Wildman–Crippen MR) is 77.9 cm³/mol. The zero-order valence-electron chi connectivity index (χ0n) is 10.4. The Labute approximate surface area is 115 Å². The van der Waals surface area contributed by atoms with Gasteiger partial charge in [-0.1, -0.05) is 11.6 Å². The SMILES string of the molecule is Cn1cccc1-c1cnc(-c2cc(N)ccc2Cl)[nH]1. The van der Waals surface area contributed by atoms with Crippen molar-refractivity contribution in [3.8, 4) is 22.8 Å². The Hall–Kier alpha value is -2.20.